The van der Waals surface area contributed by atoms with E-state index in [9.17, 15) is 31.1 Å². The molecule has 0 saturated heterocycles. The van der Waals surface area contributed by atoms with Crippen LogP contribution in [0.4, 0.5) is 26.3 Å². The van der Waals surface area contributed by atoms with E-state index in [1.54, 1.807) is 0 Å². The summed E-state index contributed by atoms with van der Waals surface area (Å²) < 4.78 is 77.7. The molecule has 0 spiro atoms. The third-order valence-electron chi connectivity index (χ3n) is 4.27. The number of fused-ring (bicyclic) bond motifs is 2. The molecule has 3 rings (SSSR count). The summed E-state index contributed by atoms with van der Waals surface area (Å²) in [5.74, 6) is -13.9. The highest BCUT2D eigenvalue weighted by atomic mass is 19.2. The highest BCUT2D eigenvalue weighted by Crippen LogP contribution is 2.38. The molecule has 0 heterocycles. The van der Waals surface area contributed by atoms with Gasteiger partial charge in [0, 0.05) is 5.56 Å². The van der Waals surface area contributed by atoms with Crippen LogP contribution in [0.25, 0.3) is 5.83 Å². The van der Waals surface area contributed by atoms with Crippen molar-refractivity contribution in [2.45, 2.75) is 26.2 Å². The molecule has 2 aliphatic carbocycles. The SMILES string of the molecule is C1=CC2CCC1C2.Cc1c(F)c(F)c(F)c(F)c1C(F)=C(F)C(=O)O. The van der Waals surface area contributed by atoms with E-state index in [4.69, 9.17) is 5.11 Å². The molecular weight excluding hydrogens is 350 g/mol. The van der Waals surface area contributed by atoms with Crippen molar-refractivity contribution >= 4 is 11.8 Å². The molecule has 8 heteroatoms. The standard InChI is InChI=1S/C10H4F6O2.C7H10/c1-2-3(6(13)9(16)10(17)18)5(12)8(15)7(14)4(2)11;1-2-7-4-3-6(1)5-7/h1H3,(H,17,18);1-2,6-7H,3-5H2. The van der Waals surface area contributed by atoms with Crippen LogP contribution in [0.5, 0.6) is 0 Å². The van der Waals surface area contributed by atoms with Crippen LogP contribution in [0, 0.1) is 42.0 Å². The lowest BCUT2D eigenvalue weighted by molar-refractivity contribution is -0.134. The molecule has 2 atom stereocenters. The van der Waals surface area contributed by atoms with Crippen molar-refractivity contribution in [3.63, 3.8) is 0 Å². The number of halogens is 6. The molecule has 2 unspecified atom stereocenters. The number of hydrogen-bond donors (Lipinski definition) is 1. The predicted molar refractivity (Wildman–Crippen MR) is 77.8 cm³/mol. The van der Waals surface area contributed by atoms with Gasteiger partial charge in [-0.2, -0.15) is 4.39 Å². The van der Waals surface area contributed by atoms with Gasteiger partial charge in [0.05, 0.1) is 5.56 Å². The fourth-order valence-corrected chi connectivity index (χ4v) is 2.92. The molecule has 25 heavy (non-hydrogen) atoms. The molecule has 136 valence electrons. The zero-order valence-electron chi connectivity index (χ0n) is 13.1. The van der Waals surface area contributed by atoms with Crippen LogP contribution >= 0.6 is 0 Å². The van der Waals surface area contributed by atoms with Crippen molar-refractivity contribution < 1.29 is 36.2 Å². The zero-order chi connectivity index (χ0) is 18.9. The smallest absolute Gasteiger partial charge is 0.367 e. The van der Waals surface area contributed by atoms with Gasteiger partial charge >= 0.3 is 5.97 Å². The van der Waals surface area contributed by atoms with Crippen LogP contribution < -0.4 is 0 Å². The molecule has 1 fully saturated rings. The fourth-order valence-electron chi connectivity index (χ4n) is 2.92. The summed E-state index contributed by atoms with van der Waals surface area (Å²) in [6.45, 7) is 0.644. The number of carbonyl (C=O) groups is 1. The Morgan fingerprint density at radius 3 is 1.80 bits per heavy atom. The summed E-state index contributed by atoms with van der Waals surface area (Å²) >= 11 is 0. The second-order valence-electron chi connectivity index (χ2n) is 5.91. The highest BCUT2D eigenvalue weighted by molar-refractivity contribution is 5.92. The first kappa shape index (κ1) is 19.1. The Balaban J connectivity index is 0.000000261. The maximum atomic E-state index is 13.2. The lowest BCUT2D eigenvalue weighted by Gasteiger charge is -2.08. The van der Waals surface area contributed by atoms with Crippen LogP contribution in [0.2, 0.25) is 0 Å². The predicted octanol–water partition coefficient (Wildman–Crippen LogP) is 5.22. The lowest BCUT2D eigenvalue weighted by Crippen LogP contribution is -2.07. The Labute approximate surface area is 139 Å². The molecule has 2 nitrogen and oxygen atoms in total. The van der Waals surface area contributed by atoms with Crippen molar-refractivity contribution in [3.8, 4) is 0 Å². The Morgan fingerprint density at radius 2 is 1.44 bits per heavy atom. The Bertz CT molecular complexity index is 728. The van der Waals surface area contributed by atoms with E-state index in [1.165, 1.54) is 19.3 Å². The molecule has 2 bridgehead atoms. The Hall–Kier alpha value is -2.25. The molecular formula is C17H14F6O2. The van der Waals surface area contributed by atoms with E-state index < -0.39 is 52.0 Å². The van der Waals surface area contributed by atoms with E-state index >= 15 is 0 Å². The van der Waals surface area contributed by atoms with Gasteiger partial charge in [-0.05, 0) is 38.0 Å². The van der Waals surface area contributed by atoms with Gasteiger partial charge in [0.1, 0.15) is 0 Å². The van der Waals surface area contributed by atoms with Gasteiger partial charge in [-0.15, -0.1) is 0 Å². The first-order valence-corrected chi connectivity index (χ1v) is 7.44. The van der Waals surface area contributed by atoms with Gasteiger partial charge in [0.25, 0.3) is 0 Å². The molecule has 0 amide bonds. The molecule has 0 radical (unpaired) electrons. The molecule has 0 aliphatic heterocycles. The third-order valence-corrected chi connectivity index (χ3v) is 4.27. The van der Waals surface area contributed by atoms with Crippen LogP contribution in [0.15, 0.2) is 18.0 Å². The van der Waals surface area contributed by atoms with Gasteiger partial charge < -0.3 is 5.11 Å². The topological polar surface area (TPSA) is 37.3 Å². The van der Waals surface area contributed by atoms with Crippen LogP contribution in [0.1, 0.15) is 30.4 Å². The zero-order valence-corrected chi connectivity index (χ0v) is 13.1. The van der Waals surface area contributed by atoms with E-state index in [-0.39, 0.29) is 0 Å². The highest BCUT2D eigenvalue weighted by Gasteiger charge is 2.29. The van der Waals surface area contributed by atoms with E-state index in [1.807, 2.05) is 0 Å². The number of carboxylic acid groups (broad SMARTS) is 1. The molecule has 1 N–H and O–H groups in total. The first-order chi connectivity index (χ1) is 11.6. The minimum absolute atomic E-state index is 0.644. The van der Waals surface area contributed by atoms with Gasteiger partial charge in [-0.1, -0.05) is 12.2 Å². The Kier molecular flexibility index (Phi) is 5.59. The summed E-state index contributed by atoms with van der Waals surface area (Å²) in [7, 11) is 0. The van der Waals surface area contributed by atoms with Crippen molar-refractivity contribution in [1.82, 2.24) is 0 Å². The second-order valence-corrected chi connectivity index (χ2v) is 5.91. The first-order valence-electron chi connectivity index (χ1n) is 7.44. The molecule has 0 aromatic heterocycles. The average Bonchev–Trinajstić information content (AvgIpc) is 3.23. The quantitative estimate of drug-likeness (QED) is 0.257. The third kappa shape index (κ3) is 3.72. The second kappa shape index (κ2) is 7.33. The normalized spacial score (nSPS) is 21.7. The maximum absolute atomic E-state index is 13.2. The monoisotopic (exact) mass is 364 g/mol. The van der Waals surface area contributed by atoms with Crippen LogP contribution in [0.3, 0.4) is 0 Å². The van der Waals surface area contributed by atoms with Crippen molar-refractivity contribution in [2.75, 3.05) is 0 Å². The molecule has 2 aliphatic rings. The average molecular weight is 364 g/mol. The van der Waals surface area contributed by atoms with Gasteiger partial charge in [-0.3, -0.25) is 0 Å². The van der Waals surface area contributed by atoms with E-state index in [0.29, 0.717) is 6.92 Å². The van der Waals surface area contributed by atoms with Gasteiger partial charge in [-0.25, -0.2) is 26.7 Å². The fraction of sp³-hybridized carbons (Fsp3) is 0.353. The summed E-state index contributed by atoms with van der Waals surface area (Å²) in [5, 5.41) is 8.13. The van der Waals surface area contributed by atoms with Crippen molar-refractivity contribution in [3.05, 3.63) is 52.4 Å². The van der Waals surface area contributed by atoms with E-state index in [0.717, 1.165) is 11.8 Å². The van der Waals surface area contributed by atoms with Crippen molar-refractivity contribution in [1.29, 1.82) is 0 Å². The summed E-state index contributed by atoms with van der Waals surface area (Å²) in [6.07, 6.45) is 9.19. The molecule has 1 aromatic rings. The summed E-state index contributed by atoms with van der Waals surface area (Å²) in [6, 6.07) is 0. The molecule has 1 aromatic carbocycles. The minimum atomic E-state index is -2.44. The van der Waals surface area contributed by atoms with Crippen LogP contribution in [-0.4, -0.2) is 11.1 Å². The van der Waals surface area contributed by atoms with Gasteiger partial charge in [0.2, 0.25) is 5.83 Å². The van der Waals surface area contributed by atoms with Gasteiger partial charge in [0.15, 0.2) is 29.1 Å². The number of rotatable bonds is 2. The number of allylic oxidation sites excluding steroid dienone is 2. The van der Waals surface area contributed by atoms with E-state index in [2.05, 4.69) is 12.2 Å². The minimum Gasteiger partial charge on any atom is -0.476 e. The number of benzene rings is 1. The summed E-state index contributed by atoms with van der Waals surface area (Å²) in [5.41, 5.74) is -2.69. The Morgan fingerprint density at radius 1 is 0.960 bits per heavy atom. The largest absolute Gasteiger partial charge is 0.476 e. The number of carboxylic acids is 1. The lowest BCUT2D eigenvalue weighted by atomic mass is 10.0. The van der Waals surface area contributed by atoms with Crippen molar-refractivity contribution in [2.24, 2.45) is 11.8 Å². The summed E-state index contributed by atoms with van der Waals surface area (Å²) in [4.78, 5) is 10.1. The maximum Gasteiger partial charge on any atom is 0.367 e. The van der Waals surface area contributed by atoms with Crippen LogP contribution in [-0.2, 0) is 4.79 Å². The number of hydrogen-bond acceptors (Lipinski definition) is 1. The molecule has 1 saturated carbocycles. The number of aliphatic carboxylic acids is 1.